The Bertz CT molecular complexity index is 4620. The molecule has 15 aromatic rings. The topological polar surface area (TPSA) is 43.6 Å². The van der Waals surface area contributed by atoms with Gasteiger partial charge >= 0.3 is 0 Å². The lowest BCUT2D eigenvalue weighted by Gasteiger charge is -2.21. The van der Waals surface area contributed by atoms with E-state index in [9.17, 15) is 0 Å². The Labute approximate surface area is 430 Å². The average Bonchev–Trinajstić information content (AvgIpc) is 4.00. The normalized spacial score (nSPS) is 11.8. The molecule has 74 heavy (non-hydrogen) atoms. The molecule has 0 fully saturated rings. The third-order valence-corrected chi connectivity index (χ3v) is 15.9. The highest BCUT2D eigenvalue weighted by atomic mass is 32.1. The van der Waals surface area contributed by atoms with E-state index >= 15 is 0 Å². The van der Waals surface area contributed by atoms with Crippen LogP contribution in [0.3, 0.4) is 0 Å². The molecule has 0 aliphatic rings. The van der Waals surface area contributed by atoms with Crippen LogP contribution in [-0.2, 0) is 0 Å². The van der Waals surface area contributed by atoms with E-state index in [0.717, 1.165) is 83.0 Å². The lowest BCUT2D eigenvalue weighted by Crippen LogP contribution is -2.04. The van der Waals surface area contributed by atoms with E-state index in [1.165, 1.54) is 47.1 Å². The predicted molar refractivity (Wildman–Crippen MR) is 312 cm³/mol. The summed E-state index contributed by atoms with van der Waals surface area (Å²) in [7, 11) is 0. The number of thiophene rings is 1. The molecule has 15 rings (SSSR count). The second-order valence-electron chi connectivity index (χ2n) is 19.1. The SMILES string of the molecule is c1ccc(-c2cccc(-c3cc(-c4nc(-c5ccccc5)nc(-c5cccc6sc7ccccc7c56)n4)c4ccc(-c5ccccc5)cc4c3-n3c4cc5ccccc5cc4c4cc5ccccc5cc43)c2)cc1. The summed E-state index contributed by atoms with van der Waals surface area (Å²) in [5, 5.41) is 11.7. The van der Waals surface area contributed by atoms with Gasteiger partial charge in [-0.1, -0.05) is 200 Å². The summed E-state index contributed by atoms with van der Waals surface area (Å²) in [4.78, 5) is 16.4. The molecule has 5 heteroatoms. The van der Waals surface area contributed by atoms with Gasteiger partial charge < -0.3 is 4.57 Å². The largest absolute Gasteiger partial charge is 0.308 e. The van der Waals surface area contributed by atoms with Crippen LogP contribution >= 0.6 is 11.3 Å². The number of nitrogens with zero attached hydrogens (tertiary/aromatic N) is 4. The molecule has 12 aromatic carbocycles. The smallest absolute Gasteiger partial charge is 0.164 e. The van der Waals surface area contributed by atoms with Gasteiger partial charge in [-0.05, 0) is 109 Å². The lowest BCUT2D eigenvalue weighted by molar-refractivity contribution is 1.08. The fourth-order valence-corrected chi connectivity index (χ4v) is 12.4. The van der Waals surface area contributed by atoms with Gasteiger partial charge in [0.05, 0.1) is 16.7 Å². The fraction of sp³-hybridized carbons (Fsp3) is 0. The van der Waals surface area contributed by atoms with Crippen LogP contribution in [0.2, 0.25) is 0 Å². The zero-order valence-electron chi connectivity index (χ0n) is 39.9. The summed E-state index contributed by atoms with van der Waals surface area (Å²) >= 11 is 1.80. The quantitative estimate of drug-likeness (QED) is 0.160. The van der Waals surface area contributed by atoms with E-state index in [4.69, 9.17) is 15.0 Å². The first-order chi connectivity index (χ1) is 36.7. The maximum Gasteiger partial charge on any atom is 0.164 e. The van der Waals surface area contributed by atoms with Crippen molar-refractivity contribution in [3.63, 3.8) is 0 Å². The summed E-state index contributed by atoms with van der Waals surface area (Å²) in [5.41, 5.74) is 12.9. The molecule has 0 aliphatic heterocycles. The number of rotatable bonds is 7. The lowest BCUT2D eigenvalue weighted by atomic mass is 9.90. The van der Waals surface area contributed by atoms with Crippen molar-refractivity contribution in [3.8, 4) is 73.2 Å². The first-order valence-corrected chi connectivity index (χ1v) is 25.9. The summed E-state index contributed by atoms with van der Waals surface area (Å²) in [5.74, 6) is 1.86. The zero-order chi connectivity index (χ0) is 48.7. The summed E-state index contributed by atoms with van der Waals surface area (Å²) in [6, 6.07) is 92.2. The molecule has 0 saturated heterocycles. The Balaban J connectivity index is 1.11. The highest BCUT2D eigenvalue weighted by molar-refractivity contribution is 7.25. The van der Waals surface area contributed by atoms with Gasteiger partial charge in [-0.2, -0.15) is 0 Å². The summed E-state index contributed by atoms with van der Waals surface area (Å²) in [6.45, 7) is 0. The van der Waals surface area contributed by atoms with Crippen molar-refractivity contribution in [1.29, 1.82) is 0 Å². The third-order valence-electron chi connectivity index (χ3n) is 14.8. The minimum absolute atomic E-state index is 0.606. The third kappa shape index (κ3) is 6.93. The molecule has 0 unspecified atom stereocenters. The van der Waals surface area contributed by atoms with Gasteiger partial charge in [0.15, 0.2) is 17.5 Å². The Morgan fingerprint density at radius 1 is 0.270 bits per heavy atom. The molecule has 0 radical (unpaired) electrons. The highest BCUT2D eigenvalue weighted by Crippen LogP contribution is 2.47. The fourth-order valence-electron chi connectivity index (χ4n) is 11.3. The molecule has 0 bridgehead atoms. The molecule has 0 N–H and O–H groups in total. The Kier molecular flexibility index (Phi) is 9.72. The molecule has 344 valence electrons. The number of fused-ring (bicyclic) bond motifs is 9. The molecule has 3 aromatic heterocycles. The molecular formula is C69H42N4S. The van der Waals surface area contributed by atoms with E-state index < -0.39 is 0 Å². The molecule has 0 spiro atoms. The molecule has 0 atom stereocenters. The van der Waals surface area contributed by atoms with Gasteiger partial charge in [-0.25, -0.2) is 15.0 Å². The van der Waals surface area contributed by atoms with Crippen LogP contribution in [0.5, 0.6) is 0 Å². The van der Waals surface area contributed by atoms with Crippen molar-refractivity contribution in [1.82, 2.24) is 19.5 Å². The standard InChI is InChI=1S/C69H42N4S/c1-4-18-43(19-5-1)46-28-16-29-52(36-46)56-42-60(69-71-67(45-22-8-3-9-23-45)70-68(72-69)55-31-17-33-64-65(55)54-30-14-15-32-63(54)74-64)53-35-34-51(44-20-6-2-7-21-44)39-59(53)66(56)73-61-40-49-26-12-10-24-47(49)37-57(61)58-38-48-25-11-13-27-50(48)41-62(58)73/h1-42H. The van der Waals surface area contributed by atoms with Gasteiger partial charge in [-0.3, -0.25) is 0 Å². The van der Waals surface area contributed by atoms with Crippen LogP contribution in [-0.4, -0.2) is 19.5 Å². The van der Waals surface area contributed by atoms with Crippen molar-refractivity contribution in [2.75, 3.05) is 0 Å². The number of aromatic nitrogens is 4. The summed E-state index contributed by atoms with van der Waals surface area (Å²) in [6.07, 6.45) is 0. The zero-order valence-corrected chi connectivity index (χ0v) is 40.8. The van der Waals surface area contributed by atoms with Gasteiger partial charge in [0.2, 0.25) is 0 Å². The maximum atomic E-state index is 5.60. The van der Waals surface area contributed by atoms with Gasteiger partial charge in [0.25, 0.3) is 0 Å². The second kappa shape index (κ2) is 17.1. The Morgan fingerprint density at radius 2 is 0.770 bits per heavy atom. The van der Waals surface area contributed by atoms with Crippen LogP contribution in [0.4, 0.5) is 0 Å². The molecule has 3 heterocycles. The van der Waals surface area contributed by atoms with Gasteiger partial charge in [0.1, 0.15) is 0 Å². The van der Waals surface area contributed by atoms with Crippen LogP contribution in [0, 0.1) is 0 Å². The van der Waals surface area contributed by atoms with E-state index in [1.807, 2.05) is 6.07 Å². The number of hydrogen-bond donors (Lipinski definition) is 0. The molecule has 0 aliphatic carbocycles. The second-order valence-corrected chi connectivity index (χ2v) is 20.2. The molecular weight excluding hydrogens is 917 g/mol. The van der Waals surface area contributed by atoms with E-state index in [2.05, 4.69) is 253 Å². The minimum Gasteiger partial charge on any atom is -0.308 e. The van der Waals surface area contributed by atoms with Crippen LogP contribution in [0.25, 0.3) is 148 Å². The summed E-state index contributed by atoms with van der Waals surface area (Å²) < 4.78 is 4.98. The average molecular weight is 959 g/mol. The maximum absolute atomic E-state index is 5.60. The van der Waals surface area contributed by atoms with Gasteiger partial charge in [0, 0.05) is 58.6 Å². The molecule has 0 saturated carbocycles. The minimum atomic E-state index is 0.606. The highest BCUT2D eigenvalue weighted by Gasteiger charge is 2.25. The number of benzene rings is 12. The van der Waals surface area contributed by atoms with Crippen molar-refractivity contribution in [2.24, 2.45) is 0 Å². The van der Waals surface area contributed by atoms with Gasteiger partial charge in [-0.15, -0.1) is 11.3 Å². The van der Waals surface area contributed by atoms with Crippen molar-refractivity contribution >= 4 is 85.6 Å². The molecule has 4 nitrogen and oxygen atoms in total. The van der Waals surface area contributed by atoms with E-state index in [0.29, 0.717) is 17.5 Å². The first kappa shape index (κ1) is 42.2. The van der Waals surface area contributed by atoms with Crippen LogP contribution in [0.15, 0.2) is 255 Å². The van der Waals surface area contributed by atoms with Crippen molar-refractivity contribution in [2.45, 2.75) is 0 Å². The Morgan fingerprint density at radius 3 is 1.43 bits per heavy atom. The van der Waals surface area contributed by atoms with E-state index in [1.54, 1.807) is 11.3 Å². The van der Waals surface area contributed by atoms with Crippen LogP contribution in [0.1, 0.15) is 0 Å². The first-order valence-electron chi connectivity index (χ1n) is 25.1. The predicted octanol–water partition coefficient (Wildman–Crippen LogP) is 18.8. The monoisotopic (exact) mass is 958 g/mol. The number of hydrogen-bond acceptors (Lipinski definition) is 4. The molecule has 0 amide bonds. The van der Waals surface area contributed by atoms with Crippen molar-refractivity contribution in [3.05, 3.63) is 255 Å². The van der Waals surface area contributed by atoms with Crippen LogP contribution < -0.4 is 0 Å². The Hall–Kier alpha value is -9.55. The van der Waals surface area contributed by atoms with Crippen molar-refractivity contribution < 1.29 is 0 Å². The van der Waals surface area contributed by atoms with E-state index in [-0.39, 0.29) is 0 Å².